The quantitative estimate of drug-likeness (QED) is 0.595. The second-order valence-electron chi connectivity index (χ2n) is 5.62. The van der Waals surface area contributed by atoms with E-state index in [1.165, 1.54) is 17.5 Å². The zero-order chi connectivity index (χ0) is 17.1. The van der Waals surface area contributed by atoms with Gasteiger partial charge in [0.15, 0.2) is 11.6 Å². The smallest absolute Gasteiger partial charge is 0.159 e. The molecule has 0 atom stereocenters. The van der Waals surface area contributed by atoms with E-state index in [0.717, 1.165) is 15.8 Å². The Labute approximate surface area is 149 Å². The number of halogens is 1. The molecule has 24 heavy (non-hydrogen) atoms. The fourth-order valence-electron chi connectivity index (χ4n) is 2.45. The Hall–Kier alpha value is -2.60. The second kappa shape index (κ2) is 6.88. The van der Waals surface area contributed by atoms with Crippen LogP contribution in [0.4, 0.5) is 28.7 Å². The van der Waals surface area contributed by atoms with Crippen LogP contribution in [0, 0.1) is 13.8 Å². The maximum Gasteiger partial charge on any atom is 0.159 e. The highest BCUT2D eigenvalue weighted by molar-refractivity contribution is 9.10. The van der Waals surface area contributed by atoms with Gasteiger partial charge in [0.2, 0.25) is 0 Å². The molecule has 3 aromatic rings. The maximum absolute atomic E-state index is 6.23. The highest BCUT2D eigenvalue weighted by atomic mass is 79.9. The Bertz CT molecular complexity index is 842. The van der Waals surface area contributed by atoms with Crippen LogP contribution in [-0.4, -0.2) is 9.97 Å². The van der Waals surface area contributed by atoms with Crippen LogP contribution in [0.5, 0.6) is 0 Å². The fourth-order valence-corrected chi connectivity index (χ4v) is 2.71. The number of aromatic nitrogens is 2. The summed E-state index contributed by atoms with van der Waals surface area (Å²) in [7, 11) is 0. The number of hydrogen-bond acceptors (Lipinski definition) is 5. The van der Waals surface area contributed by atoms with Crippen LogP contribution in [0.25, 0.3) is 0 Å². The Morgan fingerprint density at radius 3 is 1.96 bits per heavy atom. The number of rotatable bonds is 4. The van der Waals surface area contributed by atoms with E-state index in [-0.39, 0.29) is 0 Å². The first kappa shape index (κ1) is 16.3. The lowest BCUT2D eigenvalue weighted by Crippen LogP contribution is -2.05. The van der Waals surface area contributed by atoms with Crippen molar-refractivity contribution < 1.29 is 0 Å². The van der Waals surface area contributed by atoms with Crippen LogP contribution >= 0.6 is 15.9 Å². The number of nitrogens with two attached hydrogens (primary N) is 1. The number of nitrogen functional groups attached to an aromatic ring is 1. The molecular weight excluding hydrogens is 366 g/mol. The van der Waals surface area contributed by atoms with Crippen molar-refractivity contribution in [1.82, 2.24) is 9.97 Å². The third-order valence-corrected chi connectivity index (χ3v) is 4.00. The van der Waals surface area contributed by atoms with Crippen LogP contribution in [-0.2, 0) is 0 Å². The van der Waals surface area contributed by atoms with E-state index in [9.17, 15) is 0 Å². The van der Waals surface area contributed by atoms with Crippen LogP contribution in [0.2, 0.25) is 0 Å². The van der Waals surface area contributed by atoms with Gasteiger partial charge in [0.1, 0.15) is 12.0 Å². The minimum Gasteiger partial charge on any atom is -0.393 e. The molecule has 4 N–H and O–H groups in total. The van der Waals surface area contributed by atoms with Gasteiger partial charge in [-0.25, -0.2) is 9.97 Å². The third-order valence-electron chi connectivity index (χ3n) is 3.48. The van der Waals surface area contributed by atoms with Gasteiger partial charge in [-0.1, -0.05) is 22.0 Å². The average Bonchev–Trinajstić information content (AvgIpc) is 2.52. The second-order valence-corrected chi connectivity index (χ2v) is 6.53. The Morgan fingerprint density at radius 1 is 0.833 bits per heavy atom. The minimum atomic E-state index is 0.472. The molecule has 0 saturated heterocycles. The summed E-state index contributed by atoms with van der Waals surface area (Å²) in [5.74, 6) is 1.15. The topological polar surface area (TPSA) is 75.9 Å². The molecule has 0 amide bonds. The van der Waals surface area contributed by atoms with Crippen molar-refractivity contribution in [1.29, 1.82) is 0 Å². The maximum atomic E-state index is 6.23. The molecule has 2 aromatic carbocycles. The summed E-state index contributed by atoms with van der Waals surface area (Å²) in [6.45, 7) is 4.12. The molecule has 3 rings (SSSR count). The molecule has 0 aliphatic heterocycles. The standard InChI is InChI=1S/C18H18BrN5/c1-11-7-12(2)9-15(8-11)24-18-16(20)17(21-10-22-18)23-14-5-3-13(19)4-6-14/h3-10H,20H2,1-2H3,(H2,21,22,23,24). The molecule has 0 radical (unpaired) electrons. The molecule has 0 saturated carbocycles. The number of anilines is 5. The summed E-state index contributed by atoms with van der Waals surface area (Å²) in [5, 5.41) is 6.48. The van der Waals surface area contributed by atoms with Crippen molar-refractivity contribution in [2.75, 3.05) is 16.4 Å². The van der Waals surface area contributed by atoms with Crippen LogP contribution in [0.1, 0.15) is 11.1 Å². The molecule has 122 valence electrons. The predicted octanol–water partition coefficient (Wildman–Crippen LogP) is 4.93. The summed E-state index contributed by atoms with van der Waals surface area (Å²) in [5.41, 5.74) is 10.9. The highest BCUT2D eigenvalue weighted by Crippen LogP contribution is 2.29. The Morgan fingerprint density at radius 2 is 1.38 bits per heavy atom. The summed E-state index contributed by atoms with van der Waals surface area (Å²) in [6.07, 6.45) is 1.49. The molecule has 1 aromatic heterocycles. The van der Waals surface area contributed by atoms with Gasteiger partial charge < -0.3 is 16.4 Å². The van der Waals surface area contributed by atoms with Gasteiger partial charge in [-0.2, -0.15) is 0 Å². The van der Waals surface area contributed by atoms with E-state index >= 15 is 0 Å². The van der Waals surface area contributed by atoms with E-state index in [0.29, 0.717) is 17.3 Å². The van der Waals surface area contributed by atoms with Crippen molar-refractivity contribution in [3.8, 4) is 0 Å². The number of nitrogens with zero attached hydrogens (tertiary/aromatic N) is 2. The molecule has 0 aliphatic rings. The summed E-state index contributed by atoms with van der Waals surface area (Å²) < 4.78 is 1.01. The summed E-state index contributed by atoms with van der Waals surface area (Å²) >= 11 is 3.42. The van der Waals surface area contributed by atoms with E-state index < -0.39 is 0 Å². The van der Waals surface area contributed by atoms with Gasteiger partial charge in [0.25, 0.3) is 0 Å². The lowest BCUT2D eigenvalue weighted by Gasteiger charge is -2.13. The third kappa shape index (κ3) is 3.83. The van der Waals surface area contributed by atoms with Crippen molar-refractivity contribution in [3.05, 3.63) is 64.4 Å². The first-order chi connectivity index (χ1) is 11.5. The van der Waals surface area contributed by atoms with Crippen molar-refractivity contribution in [3.63, 3.8) is 0 Å². The Balaban J connectivity index is 1.86. The van der Waals surface area contributed by atoms with Crippen molar-refractivity contribution in [2.45, 2.75) is 13.8 Å². The minimum absolute atomic E-state index is 0.472. The van der Waals surface area contributed by atoms with Crippen molar-refractivity contribution >= 4 is 44.6 Å². The van der Waals surface area contributed by atoms with Crippen LogP contribution in [0.3, 0.4) is 0 Å². The van der Waals surface area contributed by atoms with Crippen LogP contribution < -0.4 is 16.4 Å². The van der Waals surface area contributed by atoms with Gasteiger partial charge in [0.05, 0.1) is 0 Å². The zero-order valence-corrected chi connectivity index (χ0v) is 15.1. The van der Waals surface area contributed by atoms with Crippen LogP contribution in [0.15, 0.2) is 53.3 Å². The van der Waals surface area contributed by atoms with Gasteiger partial charge in [0, 0.05) is 15.8 Å². The van der Waals surface area contributed by atoms with Gasteiger partial charge in [-0.05, 0) is 61.4 Å². The SMILES string of the molecule is Cc1cc(C)cc(Nc2ncnc(Nc3ccc(Br)cc3)c2N)c1. The molecule has 1 heterocycles. The average molecular weight is 384 g/mol. The summed E-state index contributed by atoms with van der Waals surface area (Å²) in [6, 6.07) is 14.0. The molecule has 0 spiro atoms. The summed E-state index contributed by atoms with van der Waals surface area (Å²) in [4.78, 5) is 8.49. The first-order valence-corrected chi connectivity index (χ1v) is 8.29. The monoisotopic (exact) mass is 383 g/mol. The molecule has 0 bridgehead atoms. The molecule has 0 unspecified atom stereocenters. The molecular formula is C18H18BrN5. The van der Waals surface area contributed by atoms with E-state index in [1.807, 2.05) is 24.3 Å². The number of benzene rings is 2. The fraction of sp³-hybridized carbons (Fsp3) is 0.111. The Kier molecular flexibility index (Phi) is 4.66. The van der Waals surface area contributed by atoms with E-state index in [2.05, 4.69) is 68.6 Å². The lowest BCUT2D eigenvalue weighted by molar-refractivity contribution is 1.17. The van der Waals surface area contributed by atoms with Crippen molar-refractivity contribution in [2.24, 2.45) is 0 Å². The first-order valence-electron chi connectivity index (χ1n) is 7.49. The predicted molar refractivity (Wildman–Crippen MR) is 103 cm³/mol. The zero-order valence-electron chi connectivity index (χ0n) is 13.5. The van der Waals surface area contributed by atoms with Gasteiger partial charge in [-0.3, -0.25) is 0 Å². The molecule has 5 nitrogen and oxygen atoms in total. The van der Waals surface area contributed by atoms with Gasteiger partial charge in [-0.15, -0.1) is 0 Å². The molecule has 6 heteroatoms. The van der Waals surface area contributed by atoms with E-state index in [4.69, 9.17) is 5.73 Å². The largest absolute Gasteiger partial charge is 0.393 e. The number of hydrogen-bond donors (Lipinski definition) is 3. The number of nitrogens with one attached hydrogen (secondary N) is 2. The number of aryl methyl sites for hydroxylation is 2. The normalized spacial score (nSPS) is 10.5. The molecule has 0 aliphatic carbocycles. The van der Waals surface area contributed by atoms with E-state index in [1.54, 1.807) is 0 Å². The highest BCUT2D eigenvalue weighted by Gasteiger charge is 2.09. The molecule has 0 fully saturated rings. The lowest BCUT2D eigenvalue weighted by atomic mass is 10.1. The van der Waals surface area contributed by atoms with Gasteiger partial charge >= 0.3 is 0 Å².